The van der Waals surface area contributed by atoms with Crippen molar-refractivity contribution in [2.24, 2.45) is 0 Å². The zero-order chi connectivity index (χ0) is 16.9. The smallest absolute Gasteiger partial charge is 0.328 e. The molecule has 0 aliphatic carbocycles. The van der Waals surface area contributed by atoms with Gasteiger partial charge in [0.1, 0.15) is 6.04 Å². The normalized spacial score (nSPS) is 11.9. The Balaban J connectivity index is 2.02. The van der Waals surface area contributed by atoms with Crippen molar-refractivity contribution in [1.29, 1.82) is 0 Å². The molecule has 0 saturated carbocycles. The van der Waals surface area contributed by atoms with Crippen molar-refractivity contribution < 1.29 is 9.53 Å². The van der Waals surface area contributed by atoms with Crippen molar-refractivity contribution in [2.75, 3.05) is 11.9 Å². The zero-order valence-electron chi connectivity index (χ0n) is 14.0. The Hall–Kier alpha value is -2.81. The molecule has 0 aromatic heterocycles. The lowest BCUT2D eigenvalue weighted by Crippen LogP contribution is -2.28. The van der Waals surface area contributed by atoms with E-state index in [1.807, 2.05) is 50.2 Å². The predicted octanol–water partition coefficient (Wildman–Crippen LogP) is 4.87. The first-order chi connectivity index (χ1) is 11.7. The molecule has 1 unspecified atom stereocenters. The van der Waals surface area contributed by atoms with Gasteiger partial charge < -0.3 is 10.1 Å². The third-order valence-electron chi connectivity index (χ3n) is 4.02. The van der Waals surface area contributed by atoms with E-state index in [1.165, 1.54) is 11.1 Å². The van der Waals surface area contributed by atoms with Crippen LogP contribution in [-0.2, 0) is 9.53 Å². The molecule has 3 heteroatoms. The fourth-order valence-corrected chi connectivity index (χ4v) is 2.85. The van der Waals surface area contributed by atoms with Gasteiger partial charge in [0, 0.05) is 11.1 Å². The maximum Gasteiger partial charge on any atom is 0.328 e. The third kappa shape index (κ3) is 3.25. The highest BCUT2D eigenvalue weighted by atomic mass is 16.5. The Labute approximate surface area is 142 Å². The van der Waals surface area contributed by atoms with Gasteiger partial charge in [-0.25, -0.2) is 4.79 Å². The van der Waals surface area contributed by atoms with Gasteiger partial charge in [-0.1, -0.05) is 60.7 Å². The molecule has 0 fully saturated rings. The van der Waals surface area contributed by atoms with Gasteiger partial charge in [0.15, 0.2) is 0 Å². The molecule has 3 aromatic carbocycles. The summed E-state index contributed by atoms with van der Waals surface area (Å²) in [6, 6.07) is 22.3. The fourth-order valence-electron chi connectivity index (χ4n) is 2.85. The van der Waals surface area contributed by atoms with E-state index < -0.39 is 6.04 Å². The van der Waals surface area contributed by atoms with Crippen LogP contribution in [0.25, 0.3) is 21.9 Å². The van der Waals surface area contributed by atoms with Crippen LogP contribution in [0.15, 0.2) is 66.7 Å². The molecule has 1 atom stereocenters. The maximum absolute atomic E-state index is 11.9. The van der Waals surface area contributed by atoms with E-state index in [1.54, 1.807) is 0 Å². The molecule has 3 aromatic rings. The second kappa shape index (κ2) is 7.18. The molecule has 0 aliphatic heterocycles. The van der Waals surface area contributed by atoms with Crippen molar-refractivity contribution in [3.05, 3.63) is 66.7 Å². The number of fused-ring (bicyclic) bond motifs is 1. The zero-order valence-corrected chi connectivity index (χ0v) is 14.0. The summed E-state index contributed by atoms with van der Waals surface area (Å²) < 4.78 is 5.08. The summed E-state index contributed by atoms with van der Waals surface area (Å²) in [4.78, 5) is 11.9. The van der Waals surface area contributed by atoms with Gasteiger partial charge in [0.05, 0.1) is 6.61 Å². The number of carbonyl (C=O) groups excluding carboxylic acids is 1. The highest BCUT2D eigenvalue weighted by molar-refractivity contribution is 6.04. The molecular weight excluding hydrogens is 298 g/mol. The molecule has 3 nitrogen and oxygen atoms in total. The lowest BCUT2D eigenvalue weighted by Gasteiger charge is -2.17. The topological polar surface area (TPSA) is 38.3 Å². The molecular formula is C21H21NO2. The minimum absolute atomic E-state index is 0.242. The number of ether oxygens (including phenoxy) is 1. The SMILES string of the molecule is CCOC(=O)C(C)Nc1ccc(-c2ccccc2)c2ccccc12. The highest BCUT2D eigenvalue weighted by Gasteiger charge is 2.15. The first-order valence-corrected chi connectivity index (χ1v) is 8.21. The van der Waals surface area contributed by atoms with Crippen molar-refractivity contribution in [1.82, 2.24) is 0 Å². The van der Waals surface area contributed by atoms with Gasteiger partial charge in [-0.05, 0) is 36.4 Å². The summed E-state index contributed by atoms with van der Waals surface area (Å²) in [5.74, 6) is -0.242. The van der Waals surface area contributed by atoms with E-state index in [9.17, 15) is 4.79 Å². The Morgan fingerprint density at radius 3 is 2.33 bits per heavy atom. The molecule has 0 aliphatic rings. The number of hydrogen-bond donors (Lipinski definition) is 1. The lowest BCUT2D eigenvalue weighted by molar-refractivity contribution is -0.143. The maximum atomic E-state index is 11.9. The molecule has 122 valence electrons. The van der Waals surface area contributed by atoms with Gasteiger partial charge in [-0.2, -0.15) is 0 Å². The Kier molecular flexibility index (Phi) is 4.80. The van der Waals surface area contributed by atoms with E-state index >= 15 is 0 Å². The summed E-state index contributed by atoms with van der Waals surface area (Å²) in [7, 11) is 0. The standard InChI is InChI=1S/C21H21NO2/c1-3-24-21(23)15(2)22-20-14-13-17(16-9-5-4-6-10-16)18-11-7-8-12-19(18)20/h4-15,22H,3H2,1-2H3. The van der Waals surface area contributed by atoms with Crippen molar-refractivity contribution in [3.63, 3.8) is 0 Å². The minimum atomic E-state index is -0.393. The van der Waals surface area contributed by atoms with Gasteiger partial charge in [0.2, 0.25) is 0 Å². The van der Waals surface area contributed by atoms with Gasteiger partial charge >= 0.3 is 5.97 Å². The first kappa shape index (κ1) is 16.1. The Morgan fingerprint density at radius 2 is 1.62 bits per heavy atom. The summed E-state index contributed by atoms with van der Waals surface area (Å²) in [5, 5.41) is 5.52. The number of benzene rings is 3. The van der Waals surface area contributed by atoms with E-state index in [0.29, 0.717) is 6.61 Å². The predicted molar refractivity (Wildman–Crippen MR) is 99.1 cm³/mol. The quantitative estimate of drug-likeness (QED) is 0.682. The highest BCUT2D eigenvalue weighted by Crippen LogP contribution is 2.33. The van der Waals surface area contributed by atoms with Gasteiger partial charge in [-0.15, -0.1) is 0 Å². The molecule has 0 amide bonds. The summed E-state index contributed by atoms with van der Waals surface area (Å²) in [5.41, 5.74) is 3.30. The van der Waals surface area contributed by atoms with E-state index in [0.717, 1.165) is 16.5 Å². The second-order valence-corrected chi connectivity index (χ2v) is 5.69. The van der Waals surface area contributed by atoms with Crippen molar-refractivity contribution in [2.45, 2.75) is 19.9 Å². The van der Waals surface area contributed by atoms with E-state index in [2.05, 4.69) is 35.6 Å². The fraction of sp³-hybridized carbons (Fsp3) is 0.190. The lowest BCUT2D eigenvalue weighted by atomic mass is 9.97. The van der Waals surface area contributed by atoms with Crippen molar-refractivity contribution in [3.8, 4) is 11.1 Å². The van der Waals surface area contributed by atoms with Crippen LogP contribution >= 0.6 is 0 Å². The monoisotopic (exact) mass is 319 g/mol. The van der Waals surface area contributed by atoms with Crippen LogP contribution in [0.2, 0.25) is 0 Å². The number of nitrogens with one attached hydrogen (secondary N) is 1. The van der Waals surface area contributed by atoms with Gasteiger partial charge in [-0.3, -0.25) is 0 Å². The molecule has 24 heavy (non-hydrogen) atoms. The minimum Gasteiger partial charge on any atom is -0.464 e. The Morgan fingerprint density at radius 1 is 0.958 bits per heavy atom. The van der Waals surface area contributed by atoms with Crippen LogP contribution in [0.5, 0.6) is 0 Å². The molecule has 0 heterocycles. The Bertz CT molecular complexity index is 843. The van der Waals surface area contributed by atoms with Crippen molar-refractivity contribution >= 4 is 22.4 Å². The molecule has 3 rings (SSSR count). The van der Waals surface area contributed by atoms with Crippen LogP contribution in [0.4, 0.5) is 5.69 Å². The van der Waals surface area contributed by atoms with Gasteiger partial charge in [0.25, 0.3) is 0 Å². The van der Waals surface area contributed by atoms with Crippen LogP contribution in [0, 0.1) is 0 Å². The number of anilines is 1. The summed E-state index contributed by atoms with van der Waals surface area (Å²) >= 11 is 0. The first-order valence-electron chi connectivity index (χ1n) is 8.21. The largest absolute Gasteiger partial charge is 0.464 e. The van der Waals surface area contributed by atoms with Crippen LogP contribution in [-0.4, -0.2) is 18.6 Å². The third-order valence-corrected chi connectivity index (χ3v) is 4.02. The number of rotatable bonds is 5. The van der Waals surface area contributed by atoms with Crippen LogP contribution in [0.1, 0.15) is 13.8 Å². The van der Waals surface area contributed by atoms with Crippen LogP contribution < -0.4 is 5.32 Å². The summed E-state index contributed by atoms with van der Waals surface area (Å²) in [6.45, 7) is 4.02. The average Bonchev–Trinajstić information content (AvgIpc) is 2.63. The number of esters is 1. The average molecular weight is 319 g/mol. The number of hydrogen-bond acceptors (Lipinski definition) is 3. The molecule has 1 N–H and O–H groups in total. The molecule has 0 bridgehead atoms. The van der Waals surface area contributed by atoms with E-state index in [4.69, 9.17) is 4.74 Å². The number of carbonyl (C=O) groups is 1. The second-order valence-electron chi connectivity index (χ2n) is 5.69. The molecule has 0 saturated heterocycles. The van der Waals surface area contributed by atoms with Crippen LogP contribution in [0.3, 0.4) is 0 Å². The molecule has 0 radical (unpaired) electrons. The summed E-state index contributed by atoms with van der Waals surface area (Å²) in [6.07, 6.45) is 0. The van der Waals surface area contributed by atoms with E-state index in [-0.39, 0.29) is 5.97 Å². The molecule has 0 spiro atoms.